The second-order valence-corrected chi connectivity index (χ2v) is 7.86. The van der Waals surface area contributed by atoms with E-state index in [1.54, 1.807) is 25.1 Å². The summed E-state index contributed by atoms with van der Waals surface area (Å²) >= 11 is 0. The molecule has 1 unspecified atom stereocenters. The van der Waals surface area contributed by atoms with Crippen molar-refractivity contribution in [2.75, 3.05) is 11.9 Å². The number of benzene rings is 2. The Balaban J connectivity index is 1.99. The highest BCUT2D eigenvalue weighted by Gasteiger charge is 2.26. The van der Waals surface area contributed by atoms with E-state index in [9.17, 15) is 19.3 Å². The van der Waals surface area contributed by atoms with Gasteiger partial charge < -0.3 is 10.6 Å². The summed E-state index contributed by atoms with van der Waals surface area (Å²) in [7, 11) is 0. The third-order valence-corrected chi connectivity index (χ3v) is 4.48. The Bertz CT molecular complexity index is 845. The van der Waals surface area contributed by atoms with Crippen LogP contribution >= 0.6 is 0 Å². The van der Waals surface area contributed by atoms with Gasteiger partial charge in [0.15, 0.2) is 0 Å². The van der Waals surface area contributed by atoms with Gasteiger partial charge in [0.2, 0.25) is 5.91 Å². The maximum absolute atomic E-state index is 13.2. The molecule has 7 heteroatoms. The maximum Gasteiger partial charge on any atom is 0.271 e. The van der Waals surface area contributed by atoms with Gasteiger partial charge in [-0.25, -0.2) is 4.39 Å². The molecule has 150 valence electrons. The highest BCUT2D eigenvalue weighted by Crippen LogP contribution is 2.32. The fourth-order valence-corrected chi connectivity index (χ4v) is 2.98. The minimum atomic E-state index is -0.493. The first-order valence-corrected chi connectivity index (χ1v) is 9.11. The molecule has 0 aliphatic rings. The van der Waals surface area contributed by atoms with Crippen LogP contribution in [-0.2, 0) is 4.79 Å². The molecule has 0 aromatic heterocycles. The van der Waals surface area contributed by atoms with Crippen LogP contribution in [0.25, 0.3) is 0 Å². The Kier molecular flexibility index (Phi) is 6.85. The SMILES string of the molecule is Cc1ccc([N+](=O)[O-])cc1NC(=O)CCNC(c1ccc(F)cc1)C(C)(C)C. The zero-order valence-electron chi connectivity index (χ0n) is 16.6. The fourth-order valence-electron chi connectivity index (χ4n) is 2.98. The normalized spacial score (nSPS) is 12.5. The number of hydrogen-bond acceptors (Lipinski definition) is 4. The molecule has 2 N–H and O–H groups in total. The van der Waals surface area contributed by atoms with Crippen molar-refractivity contribution in [3.05, 3.63) is 69.5 Å². The number of aryl methyl sites for hydroxylation is 1. The molecule has 0 heterocycles. The molecular formula is C21H26FN3O3. The van der Waals surface area contributed by atoms with Crippen molar-refractivity contribution in [2.24, 2.45) is 5.41 Å². The average Bonchev–Trinajstić information content (AvgIpc) is 2.60. The summed E-state index contributed by atoms with van der Waals surface area (Å²) in [6, 6.07) is 10.6. The van der Waals surface area contributed by atoms with Crippen molar-refractivity contribution in [2.45, 2.75) is 40.2 Å². The molecule has 0 saturated heterocycles. The number of rotatable bonds is 7. The minimum absolute atomic E-state index is 0.0551. The highest BCUT2D eigenvalue weighted by molar-refractivity contribution is 5.92. The summed E-state index contributed by atoms with van der Waals surface area (Å²) in [5, 5.41) is 17.0. The molecule has 0 aliphatic carbocycles. The van der Waals surface area contributed by atoms with Crippen molar-refractivity contribution < 1.29 is 14.1 Å². The molecule has 2 aromatic rings. The number of halogens is 1. The number of nitrogens with one attached hydrogen (secondary N) is 2. The van der Waals surface area contributed by atoms with Crippen LogP contribution in [-0.4, -0.2) is 17.4 Å². The molecule has 2 aromatic carbocycles. The van der Waals surface area contributed by atoms with Gasteiger partial charge in [0.25, 0.3) is 5.69 Å². The Morgan fingerprint density at radius 1 is 1.18 bits per heavy atom. The van der Waals surface area contributed by atoms with Crippen LogP contribution in [0.1, 0.15) is 44.4 Å². The molecule has 2 rings (SSSR count). The number of nitro benzene ring substituents is 1. The summed E-state index contributed by atoms with van der Waals surface area (Å²) in [5.74, 6) is -0.522. The lowest BCUT2D eigenvalue weighted by Crippen LogP contribution is -2.34. The third kappa shape index (κ3) is 5.85. The average molecular weight is 387 g/mol. The molecule has 0 saturated carbocycles. The summed E-state index contributed by atoms with van der Waals surface area (Å²) in [4.78, 5) is 22.7. The van der Waals surface area contributed by atoms with Gasteiger partial charge in [-0.05, 0) is 35.6 Å². The number of non-ortho nitro benzene ring substituents is 1. The minimum Gasteiger partial charge on any atom is -0.326 e. The topological polar surface area (TPSA) is 84.3 Å². The Morgan fingerprint density at radius 3 is 2.39 bits per heavy atom. The van der Waals surface area contributed by atoms with E-state index in [1.807, 2.05) is 0 Å². The van der Waals surface area contributed by atoms with Crippen LogP contribution in [0.4, 0.5) is 15.8 Å². The predicted molar refractivity (Wildman–Crippen MR) is 108 cm³/mol. The van der Waals surface area contributed by atoms with E-state index in [0.29, 0.717) is 12.2 Å². The first-order chi connectivity index (χ1) is 13.1. The molecule has 0 spiro atoms. The Morgan fingerprint density at radius 2 is 1.82 bits per heavy atom. The van der Waals surface area contributed by atoms with Crippen LogP contribution in [0.15, 0.2) is 42.5 Å². The van der Waals surface area contributed by atoms with Gasteiger partial charge in [0, 0.05) is 31.1 Å². The summed E-state index contributed by atoms with van der Waals surface area (Å²) in [6.07, 6.45) is 0.204. The zero-order chi connectivity index (χ0) is 20.9. The summed E-state index contributed by atoms with van der Waals surface area (Å²) < 4.78 is 13.2. The van der Waals surface area contributed by atoms with Gasteiger partial charge in [0.1, 0.15) is 5.82 Å². The molecule has 0 radical (unpaired) electrons. The smallest absolute Gasteiger partial charge is 0.271 e. The van der Waals surface area contributed by atoms with Gasteiger partial charge in [-0.1, -0.05) is 39.0 Å². The van der Waals surface area contributed by atoms with Crippen LogP contribution in [0.3, 0.4) is 0 Å². The zero-order valence-corrected chi connectivity index (χ0v) is 16.6. The molecule has 1 atom stereocenters. The van der Waals surface area contributed by atoms with Crippen LogP contribution in [0.5, 0.6) is 0 Å². The van der Waals surface area contributed by atoms with E-state index in [4.69, 9.17) is 0 Å². The lowest BCUT2D eigenvalue weighted by atomic mass is 9.82. The predicted octanol–water partition coefficient (Wildman–Crippen LogP) is 4.75. The monoisotopic (exact) mass is 387 g/mol. The number of carbonyl (C=O) groups excluding carboxylic acids is 1. The van der Waals surface area contributed by atoms with Crippen LogP contribution in [0.2, 0.25) is 0 Å². The number of anilines is 1. The Hall–Kier alpha value is -2.80. The van der Waals surface area contributed by atoms with E-state index >= 15 is 0 Å². The molecule has 0 fully saturated rings. The van der Waals surface area contributed by atoms with Crippen molar-refractivity contribution in [1.29, 1.82) is 0 Å². The maximum atomic E-state index is 13.2. The van der Waals surface area contributed by atoms with Crippen molar-refractivity contribution in [1.82, 2.24) is 5.32 Å². The van der Waals surface area contributed by atoms with Gasteiger partial charge in [-0.2, -0.15) is 0 Å². The Labute approximate surface area is 164 Å². The second-order valence-electron chi connectivity index (χ2n) is 7.86. The molecule has 0 bridgehead atoms. The van der Waals surface area contributed by atoms with Gasteiger partial charge in [-0.3, -0.25) is 14.9 Å². The first-order valence-electron chi connectivity index (χ1n) is 9.11. The summed E-state index contributed by atoms with van der Waals surface area (Å²) in [6.45, 7) is 8.41. The van der Waals surface area contributed by atoms with Gasteiger partial charge in [-0.15, -0.1) is 0 Å². The fraction of sp³-hybridized carbons (Fsp3) is 0.381. The highest BCUT2D eigenvalue weighted by atomic mass is 19.1. The number of hydrogen-bond donors (Lipinski definition) is 2. The third-order valence-electron chi connectivity index (χ3n) is 4.48. The largest absolute Gasteiger partial charge is 0.326 e. The van der Waals surface area contributed by atoms with E-state index in [1.165, 1.54) is 24.3 Å². The standard InChI is InChI=1S/C21H26FN3O3/c1-14-5-10-17(25(27)28)13-18(14)24-19(26)11-12-23-20(21(2,3)4)15-6-8-16(22)9-7-15/h5-10,13,20,23H,11-12H2,1-4H3,(H,24,26). The van der Waals surface area contributed by atoms with Crippen LogP contribution in [0, 0.1) is 28.3 Å². The molecule has 0 aliphatic heterocycles. The van der Waals surface area contributed by atoms with Gasteiger partial charge >= 0.3 is 0 Å². The van der Waals surface area contributed by atoms with Crippen molar-refractivity contribution in [3.8, 4) is 0 Å². The van der Waals surface area contributed by atoms with E-state index in [-0.39, 0.29) is 35.3 Å². The number of nitro groups is 1. The summed E-state index contributed by atoms with van der Waals surface area (Å²) in [5.41, 5.74) is 1.94. The van der Waals surface area contributed by atoms with Crippen molar-refractivity contribution >= 4 is 17.3 Å². The molecular weight excluding hydrogens is 361 g/mol. The molecule has 1 amide bonds. The molecule has 6 nitrogen and oxygen atoms in total. The second kappa shape index (κ2) is 8.93. The quantitative estimate of drug-likeness (QED) is 0.530. The van der Waals surface area contributed by atoms with Gasteiger partial charge in [0.05, 0.1) is 10.6 Å². The van der Waals surface area contributed by atoms with Crippen LogP contribution < -0.4 is 10.6 Å². The number of carbonyl (C=O) groups is 1. The van der Waals surface area contributed by atoms with E-state index in [0.717, 1.165) is 11.1 Å². The van der Waals surface area contributed by atoms with E-state index in [2.05, 4.69) is 31.4 Å². The van der Waals surface area contributed by atoms with E-state index < -0.39 is 4.92 Å². The first kappa shape index (κ1) is 21.5. The molecule has 28 heavy (non-hydrogen) atoms. The lowest BCUT2D eigenvalue weighted by Gasteiger charge is -2.32. The lowest BCUT2D eigenvalue weighted by molar-refractivity contribution is -0.384. The number of nitrogens with zero attached hydrogens (tertiary/aromatic N) is 1. The number of amides is 1. The van der Waals surface area contributed by atoms with Crippen molar-refractivity contribution in [3.63, 3.8) is 0 Å².